The van der Waals surface area contributed by atoms with Gasteiger partial charge in [0.2, 0.25) is 6.04 Å². The number of hydrogen-bond donors (Lipinski definition) is 4. The largest absolute Gasteiger partial charge is 0.508 e. The first kappa shape index (κ1) is 22.4. The SMILES string of the molecule is COc1cc(N=Nc2ccc(O)cc2)c(S(=O)(=O)O)cc1N=NC1C(=O)NC(=O)NC1=O. The van der Waals surface area contributed by atoms with E-state index in [-0.39, 0.29) is 28.6 Å². The molecule has 2 aromatic carbocycles. The van der Waals surface area contributed by atoms with Crippen molar-refractivity contribution in [2.45, 2.75) is 10.9 Å². The number of imide groups is 2. The smallest absolute Gasteiger partial charge is 0.328 e. The number of ether oxygens (including phenoxy) is 1. The maximum Gasteiger partial charge on any atom is 0.328 e. The van der Waals surface area contributed by atoms with Crippen molar-refractivity contribution in [1.82, 2.24) is 10.6 Å². The van der Waals surface area contributed by atoms with Crippen molar-refractivity contribution in [2.75, 3.05) is 7.11 Å². The number of benzene rings is 2. The van der Waals surface area contributed by atoms with E-state index >= 15 is 0 Å². The molecule has 32 heavy (non-hydrogen) atoms. The monoisotopic (exact) mass is 462 g/mol. The van der Waals surface area contributed by atoms with Gasteiger partial charge in [0.15, 0.2) is 0 Å². The van der Waals surface area contributed by atoms with Crippen LogP contribution in [-0.4, -0.2) is 49.1 Å². The summed E-state index contributed by atoms with van der Waals surface area (Å²) >= 11 is 0. The molecule has 4 amide bonds. The number of carbonyl (C=O) groups is 3. The predicted octanol–water partition coefficient (Wildman–Crippen LogP) is 1.88. The van der Waals surface area contributed by atoms with Crippen LogP contribution in [0.4, 0.5) is 21.9 Å². The van der Waals surface area contributed by atoms with Gasteiger partial charge < -0.3 is 9.84 Å². The topological polar surface area (TPSA) is 209 Å². The van der Waals surface area contributed by atoms with Crippen LogP contribution >= 0.6 is 0 Å². The van der Waals surface area contributed by atoms with E-state index in [0.29, 0.717) is 0 Å². The Bertz CT molecular complexity index is 1240. The van der Waals surface area contributed by atoms with Crippen molar-refractivity contribution in [1.29, 1.82) is 0 Å². The lowest BCUT2D eigenvalue weighted by Crippen LogP contribution is -2.57. The summed E-state index contributed by atoms with van der Waals surface area (Å²) in [5.41, 5.74) is -0.299. The molecule has 1 aliphatic heterocycles. The third-order valence-corrected chi connectivity index (χ3v) is 4.80. The van der Waals surface area contributed by atoms with Gasteiger partial charge in [-0.15, -0.1) is 5.11 Å². The first-order valence-corrected chi connectivity index (χ1v) is 9.99. The van der Waals surface area contributed by atoms with Gasteiger partial charge in [0.25, 0.3) is 21.9 Å². The number of rotatable bonds is 6. The van der Waals surface area contributed by atoms with Crippen molar-refractivity contribution in [3.05, 3.63) is 36.4 Å². The zero-order valence-electron chi connectivity index (χ0n) is 16.1. The quantitative estimate of drug-likeness (QED) is 0.282. The molecule has 0 atom stereocenters. The van der Waals surface area contributed by atoms with Crippen LogP contribution in [0, 0.1) is 0 Å². The molecule has 0 radical (unpaired) electrons. The highest BCUT2D eigenvalue weighted by molar-refractivity contribution is 7.86. The second-order valence-electron chi connectivity index (χ2n) is 6.11. The lowest BCUT2D eigenvalue weighted by Gasteiger charge is -2.16. The molecular weight excluding hydrogens is 448 g/mol. The fraction of sp³-hybridized carbons (Fsp3) is 0.118. The molecule has 0 aliphatic carbocycles. The average Bonchev–Trinajstić information content (AvgIpc) is 2.71. The van der Waals surface area contributed by atoms with Gasteiger partial charge in [-0.25, -0.2) is 4.79 Å². The van der Waals surface area contributed by atoms with Gasteiger partial charge in [-0.2, -0.15) is 23.8 Å². The summed E-state index contributed by atoms with van der Waals surface area (Å²) in [4.78, 5) is 33.9. The number of amides is 4. The van der Waals surface area contributed by atoms with Crippen molar-refractivity contribution in [2.24, 2.45) is 20.5 Å². The van der Waals surface area contributed by atoms with Gasteiger partial charge in [0.1, 0.15) is 27.8 Å². The molecule has 1 saturated heterocycles. The average molecular weight is 462 g/mol. The summed E-state index contributed by atoms with van der Waals surface area (Å²) in [5, 5.41) is 27.8. The molecule has 0 bridgehead atoms. The van der Waals surface area contributed by atoms with Gasteiger partial charge >= 0.3 is 6.03 Å². The Morgan fingerprint density at radius 2 is 1.56 bits per heavy atom. The molecule has 0 spiro atoms. The summed E-state index contributed by atoms with van der Waals surface area (Å²) in [5.74, 6) is -2.15. The van der Waals surface area contributed by atoms with Crippen LogP contribution < -0.4 is 15.4 Å². The number of hydrogen-bond acceptors (Lipinski definition) is 11. The summed E-state index contributed by atoms with van der Waals surface area (Å²) in [6.45, 7) is 0. The maximum absolute atomic E-state index is 11.8. The molecule has 3 rings (SSSR count). The lowest BCUT2D eigenvalue weighted by atomic mass is 10.2. The van der Waals surface area contributed by atoms with Gasteiger partial charge in [0.05, 0.1) is 12.8 Å². The van der Waals surface area contributed by atoms with Crippen LogP contribution in [0.15, 0.2) is 61.8 Å². The number of phenols is 1. The van der Waals surface area contributed by atoms with E-state index < -0.39 is 38.9 Å². The number of phenolic OH excluding ortho intramolecular Hbond substituents is 1. The number of nitrogens with one attached hydrogen (secondary N) is 2. The highest BCUT2D eigenvalue weighted by atomic mass is 32.2. The van der Waals surface area contributed by atoms with Crippen molar-refractivity contribution >= 4 is 45.0 Å². The molecule has 0 unspecified atom stereocenters. The Kier molecular flexibility index (Phi) is 6.22. The normalized spacial score (nSPS) is 15.2. The molecule has 15 heteroatoms. The fourth-order valence-electron chi connectivity index (χ4n) is 2.43. The summed E-state index contributed by atoms with van der Waals surface area (Å²) in [6, 6.07) is 4.73. The minimum Gasteiger partial charge on any atom is -0.508 e. The number of aromatic hydroxyl groups is 1. The second-order valence-corrected chi connectivity index (χ2v) is 7.50. The van der Waals surface area contributed by atoms with E-state index in [0.717, 1.165) is 12.1 Å². The molecule has 4 N–H and O–H groups in total. The van der Waals surface area contributed by atoms with Gasteiger partial charge in [-0.3, -0.25) is 24.8 Å². The van der Waals surface area contributed by atoms with Crippen LogP contribution in [0.25, 0.3) is 0 Å². The van der Waals surface area contributed by atoms with E-state index in [1.165, 1.54) is 31.4 Å². The van der Waals surface area contributed by atoms with Crippen LogP contribution in [-0.2, 0) is 19.7 Å². The minimum absolute atomic E-state index is 0.0105. The van der Waals surface area contributed by atoms with E-state index in [1.54, 1.807) is 0 Å². The first-order chi connectivity index (χ1) is 15.1. The molecule has 14 nitrogen and oxygen atoms in total. The third kappa shape index (κ3) is 5.08. The predicted molar refractivity (Wildman–Crippen MR) is 105 cm³/mol. The van der Waals surface area contributed by atoms with Crippen LogP contribution in [0.1, 0.15) is 0 Å². The second kappa shape index (κ2) is 8.86. The molecule has 2 aromatic rings. The summed E-state index contributed by atoms with van der Waals surface area (Å²) in [7, 11) is -3.59. The highest BCUT2D eigenvalue weighted by Crippen LogP contribution is 2.38. The van der Waals surface area contributed by atoms with Gasteiger partial charge in [0, 0.05) is 6.07 Å². The molecule has 0 aromatic heterocycles. The highest BCUT2D eigenvalue weighted by Gasteiger charge is 2.34. The molecule has 1 aliphatic rings. The van der Waals surface area contributed by atoms with Crippen molar-refractivity contribution in [3.8, 4) is 11.5 Å². The number of carbonyl (C=O) groups excluding carboxylic acids is 3. The van der Waals surface area contributed by atoms with Crippen LogP contribution in [0.5, 0.6) is 11.5 Å². The zero-order chi connectivity index (χ0) is 23.5. The Morgan fingerprint density at radius 1 is 0.938 bits per heavy atom. The van der Waals surface area contributed by atoms with E-state index in [9.17, 15) is 32.5 Å². The molecular formula is C17H14N6O8S. The summed E-state index contributed by atoms with van der Waals surface area (Å²) < 4.78 is 38.4. The van der Waals surface area contributed by atoms with E-state index in [2.05, 4.69) is 20.5 Å². The fourth-order valence-corrected chi connectivity index (χ4v) is 3.06. The van der Waals surface area contributed by atoms with Crippen LogP contribution in [0.2, 0.25) is 0 Å². The van der Waals surface area contributed by atoms with Crippen molar-refractivity contribution < 1.29 is 37.2 Å². The number of barbiturate groups is 1. The minimum atomic E-state index is -4.82. The number of nitrogens with zero attached hydrogens (tertiary/aromatic N) is 4. The lowest BCUT2D eigenvalue weighted by molar-refractivity contribution is -0.131. The molecule has 1 fully saturated rings. The first-order valence-electron chi connectivity index (χ1n) is 8.55. The van der Waals surface area contributed by atoms with E-state index in [1.807, 2.05) is 10.6 Å². The van der Waals surface area contributed by atoms with Crippen molar-refractivity contribution in [3.63, 3.8) is 0 Å². The third-order valence-electron chi connectivity index (χ3n) is 3.91. The van der Waals surface area contributed by atoms with Crippen LogP contribution in [0.3, 0.4) is 0 Å². The summed E-state index contributed by atoms with van der Waals surface area (Å²) in [6.07, 6.45) is 0. The Hall–Kier alpha value is -4.24. The standard InChI is InChI=1S/C17H14N6O8S/c1-31-12-6-11(22-20-8-2-4-9(24)5-3-8)13(32(28,29)30)7-10(12)21-23-14-15(25)18-17(27)19-16(14)26/h2-7,14,24H,1H3,(H,28,29,30)(H2,18,19,25,26,27). The number of azo groups is 2. The van der Waals surface area contributed by atoms with E-state index in [4.69, 9.17) is 4.74 Å². The molecule has 1 heterocycles. The molecule has 0 saturated carbocycles. The van der Waals surface area contributed by atoms with Gasteiger partial charge in [-0.05, 0) is 30.3 Å². The van der Waals surface area contributed by atoms with Gasteiger partial charge in [-0.1, -0.05) is 0 Å². The molecule has 166 valence electrons. The number of methoxy groups -OCH3 is 1. The Labute approximate surface area is 179 Å². The Morgan fingerprint density at radius 3 is 2.12 bits per heavy atom. The number of urea groups is 1. The Balaban J connectivity index is 2.01. The maximum atomic E-state index is 11.8. The zero-order valence-corrected chi connectivity index (χ0v) is 16.9.